The molecule has 2 rings (SSSR count). The van der Waals surface area contributed by atoms with E-state index in [1.165, 1.54) is 12.1 Å². The zero-order chi connectivity index (χ0) is 18.9. The fourth-order valence-corrected chi connectivity index (χ4v) is 3.53. The molecule has 0 bridgehead atoms. The molecule has 1 amide bonds. The predicted molar refractivity (Wildman–Crippen MR) is 90.5 cm³/mol. The molecule has 1 saturated carbocycles. The summed E-state index contributed by atoms with van der Waals surface area (Å²) < 4.78 is 48.8. The summed E-state index contributed by atoms with van der Waals surface area (Å²) in [6.07, 6.45) is -1.65. The predicted octanol–water partition coefficient (Wildman–Crippen LogP) is 3.10. The summed E-state index contributed by atoms with van der Waals surface area (Å²) in [6, 6.07) is 6.24. The number of carbonyl (C=O) groups is 1. The normalized spacial score (nSPS) is 23.6. The van der Waals surface area contributed by atoms with Crippen LogP contribution in [0.5, 0.6) is 0 Å². The van der Waals surface area contributed by atoms with Crippen LogP contribution in [0.15, 0.2) is 29.2 Å². The number of alkyl halides is 1. The van der Waals surface area contributed by atoms with Gasteiger partial charge in [-0.2, -0.15) is 8.42 Å². The van der Waals surface area contributed by atoms with Gasteiger partial charge in [0.05, 0.1) is 17.5 Å². The molecule has 8 heteroatoms. The van der Waals surface area contributed by atoms with Crippen LogP contribution in [-0.2, 0) is 19.0 Å². The van der Waals surface area contributed by atoms with Crippen molar-refractivity contribution in [3.63, 3.8) is 0 Å². The van der Waals surface area contributed by atoms with E-state index in [9.17, 15) is 17.6 Å². The average molecular weight is 373 g/mol. The van der Waals surface area contributed by atoms with Crippen molar-refractivity contribution in [2.45, 2.75) is 62.8 Å². The van der Waals surface area contributed by atoms with Gasteiger partial charge in [0.15, 0.2) is 0 Å². The van der Waals surface area contributed by atoms with Gasteiger partial charge in [-0.15, -0.1) is 0 Å². The van der Waals surface area contributed by atoms with Crippen LogP contribution >= 0.6 is 0 Å². The Hall–Kier alpha value is -1.67. The van der Waals surface area contributed by atoms with Gasteiger partial charge in [-0.3, -0.25) is 4.18 Å². The second-order valence-electron chi connectivity index (χ2n) is 7.40. The van der Waals surface area contributed by atoms with Crippen molar-refractivity contribution in [2.75, 3.05) is 6.54 Å². The minimum atomic E-state index is -3.92. The van der Waals surface area contributed by atoms with Gasteiger partial charge in [0, 0.05) is 12.8 Å². The SMILES string of the molecule is Cc1ccc(S(=O)(=O)OC2CC(F)(CNC(=O)OC(C)(C)C)C2)cc1. The van der Waals surface area contributed by atoms with Crippen LogP contribution in [0.1, 0.15) is 39.2 Å². The smallest absolute Gasteiger partial charge is 0.407 e. The molecule has 0 aromatic heterocycles. The molecule has 25 heavy (non-hydrogen) atoms. The lowest BCUT2D eigenvalue weighted by Gasteiger charge is -2.40. The van der Waals surface area contributed by atoms with E-state index in [2.05, 4.69) is 5.32 Å². The van der Waals surface area contributed by atoms with Crippen molar-refractivity contribution in [1.29, 1.82) is 0 Å². The molecule has 140 valence electrons. The Morgan fingerprint density at radius 2 is 1.84 bits per heavy atom. The number of benzene rings is 1. The minimum Gasteiger partial charge on any atom is -0.444 e. The Balaban J connectivity index is 1.83. The summed E-state index contributed by atoms with van der Waals surface area (Å²) >= 11 is 0. The van der Waals surface area contributed by atoms with Gasteiger partial charge in [-0.25, -0.2) is 9.18 Å². The van der Waals surface area contributed by atoms with Crippen LogP contribution in [0.3, 0.4) is 0 Å². The highest BCUT2D eigenvalue weighted by Crippen LogP contribution is 2.39. The minimum absolute atomic E-state index is 0.0429. The lowest BCUT2D eigenvalue weighted by molar-refractivity contribution is -0.0395. The summed E-state index contributed by atoms with van der Waals surface area (Å²) in [6.45, 7) is 6.73. The maximum Gasteiger partial charge on any atom is 0.407 e. The highest BCUT2D eigenvalue weighted by molar-refractivity contribution is 7.86. The Morgan fingerprint density at radius 1 is 1.28 bits per heavy atom. The number of alkyl carbamates (subject to hydrolysis) is 1. The summed E-state index contributed by atoms with van der Waals surface area (Å²) in [5.41, 5.74) is -1.43. The number of ether oxygens (including phenoxy) is 1. The standard InChI is InChI=1S/C17H24FNO5S/c1-12-5-7-14(8-6-12)25(21,22)24-13-9-17(18,10-13)11-19-15(20)23-16(2,3)4/h5-8,13H,9-11H2,1-4H3,(H,19,20). The van der Waals surface area contributed by atoms with Crippen LogP contribution in [-0.4, -0.2) is 38.4 Å². The van der Waals surface area contributed by atoms with Crippen molar-refractivity contribution >= 4 is 16.2 Å². The number of carbonyl (C=O) groups excluding carboxylic acids is 1. The molecule has 0 atom stereocenters. The average Bonchev–Trinajstić information content (AvgIpc) is 2.42. The van der Waals surface area contributed by atoms with E-state index in [4.69, 9.17) is 8.92 Å². The molecule has 1 aliphatic rings. The molecule has 0 spiro atoms. The quantitative estimate of drug-likeness (QED) is 0.802. The monoisotopic (exact) mass is 373 g/mol. The molecule has 1 N–H and O–H groups in total. The maximum atomic E-state index is 14.4. The largest absolute Gasteiger partial charge is 0.444 e. The van der Waals surface area contributed by atoms with Crippen molar-refractivity contribution in [2.24, 2.45) is 0 Å². The van der Waals surface area contributed by atoms with Crippen LogP contribution in [0.2, 0.25) is 0 Å². The van der Waals surface area contributed by atoms with E-state index in [0.29, 0.717) is 0 Å². The van der Waals surface area contributed by atoms with Crippen LogP contribution in [0.4, 0.5) is 9.18 Å². The van der Waals surface area contributed by atoms with Crippen molar-refractivity contribution in [3.05, 3.63) is 29.8 Å². The van der Waals surface area contributed by atoms with Gasteiger partial charge in [-0.1, -0.05) is 17.7 Å². The molecular formula is C17H24FNO5S. The van der Waals surface area contributed by atoms with Gasteiger partial charge in [-0.05, 0) is 39.8 Å². The van der Waals surface area contributed by atoms with E-state index in [-0.39, 0.29) is 24.3 Å². The molecule has 6 nitrogen and oxygen atoms in total. The highest BCUT2D eigenvalue weighted by Gasteiger charge is 2.48. The zero-order valence-corrected chi connectivity index (χ0v) is 15.7. The topological polar surface area (TPSA) is 81.7 Å². The fourth-order valence-electron chi connectivity index (χ4n) is 2.45. The van der Waals surface area contributed by atoms with E-state index >= 15 is 0 Å². The number of halogens is 1. The first-order valence-electron chi connectivity index (χ1n) is 8.04. The van der Waals surface area contributed by atoms with Crippen molar-refractivity contribution < 1.29 is 26.5 Å². The molecule has 0 radical (unpaired) electrons. The number of aryl methyl sites for hydroxylation is 1. The number of hydrogen-bond acceptors (Lipinski definition) is 5. The molecule has 0 unspecified atom stereocenters. The summed E-state index contributed by atoms with van der Waals surface area (Å²) in [5.74, 6) is 0. The van der Waals surface area contributed by atoms with Gasteiger partial charge in [0.1, 0.15) is 11.3 Å². The van der Waals surface area contributed by atoms with E-state index < -0.39 is 33.6 Å². The molecule has 0 aliphatic heterocycles. The van der Waals surface area contributed by atoms with Crippen LogP contribution in [0.25, 0.3) is 0 Å². The second kappa shape index (κ2) is 6.92. The molecule has 1 aromatic rings. The van der Waals surface area contributed by atoms with Crippen LogP contribution in [0, 0.1) is 6.92 Å². The Kier molecular flexibility index (Phi) is 5.44. The molecule has 0 saturated heterocycles. The first-order chi connectivity index (χ1) is 11.4. The van der Waals surface area contributed by atoms with Gasteiger partial charge >= 0.3 is 6.09 Å². The van der Waals surface area contributed by atoms with Crippen LogP contribution < -0.4 is 5.32 Å². The van der Waals surface area contributed by atoms with E-state index in [1.54, 1.807) is 32.9 Å². The zero-order valence-electron chi connectivity index (χ0n) is 14.8. The number of amides is 1. The number of hydrogen-bond donors (Lipinski definition) is 1. The number of rotatable bonds is 5. The van der Waals surface area contributed by atoms with Crippen molar-refractivity contribution in [3.8, 4) is 0 Å². The first-order valence-corrected chi connectivity index (χ1v) is 9.45. The third-order valence-electron chi connectivity index (χ3n) is 3.71. The fraction of sp³-hybridized carbons (Fsp3) is 0.588. The van der Waals surface area contributed by atoms with E-state index in [1.807, 2.05) is 6.92 Å². The van der Waals surface area contributed by atoms with Crippen molar-refractivity contribution in [1.82, 2.24) is 5.32 Å². The van der Waals surface area contributed by atoms with E-state index in [0.717, 1.165) is 5.56 Å². The molecule has 1 aromatic carbocycles. The van der Waals surface area contributed by atoms with Gasteiger partial charge < -0.3 is 10.1 Å². The summed E-state index contributed by atoms with van der Waals surface area (Å²) in [4.78, 5) is 11.6. The Labute approximate surface area is 147 Å². The molecule has 1 aliphatic carbocycles. The molecule has 1 fully saturated rings. The van der Waals surface area contributed by atoms with Gasteiger partial charge in [0.25, 0.3) is 10.1 Å². The number of nitrogens with one attached hydrogen (secondary N) is 1. The third-order valence-corrected chi connectivity index (χ3v) is 5.08. The second-order valence-corrected chi connectivity index (χ2v) is 8.97. The molecular weight excluding hydrogens is 349 g/mol. The summed E-state index contributed by atoms with van der Waals surface area (Å²) in [5, 5.41) is 2.36. The third kappa shape index (κ3) is 5.67. The van der Waals surface area contributed by atoms with Gasteiger partial charge in [0.2, 0.25) is 0 Å². The molecule has 0 heterocycles. The first kappa shape index (κ1) is 19.7. The maximum absolute atomic E-state index is 14.4. The highest BCUT2D eigenvalue weighted by atomic mass is 32.2. The lowest BCUT2D eigenvalue weighted by Crippen LogP contribution is -2.53. The Bertz CT molecular complexity index is 718. The summed E-state index contributed by atoms with van der Waals surface area (Å²) in [7, 11) is -3.92. The lowest BCUT2D eigenvalue weighted by atomic mass is 9.79. The Morgan fingerprint density at radius 3 is 2.36 bits per heavy atom.